The van der Waals surface area contributed by atoms with Crippen LogP contribution in [0.1, 0.15) is 42.3 Å². The molecule has 0 aromatic heterocycles. The molecule has 0 saturated heterocycles. The number of likely N-dealkylation sites (N-methyl/N-ethyl adjacent to an activating group) is 1. The van der Waals surface area contributed by atoms with Gasteiger partial charge in [-0.3, -0.25) is 4.79 Å². The molecule has 1 aromatic carbocycles. The second-order valence-corrected chi connectivity index (χ2v) is 3.82. The van der Waals surface area contributed by atoms with Crippen molar-refractivity contribution in [3.05, 3.63) is 34.9 Å². The molecule has 0 bridgehead atoms. The van der Waals surface area contributed by atoms with Crippen molar-refractivity contribution in [2.45, 2.75) is 33.6 Å². The van der Waals surface area contributed by atoms with Gasteiger partial charge in [0, 0.05) is 19.2 Å². The summed E-state index contributed by atoms with van der Waals surface area (Å²) in [5.41, 5.74) is 3.34. The fourth-order valence-corrected chi connectivity index (χ4v) is 1.86. The van der Waals surface area contributed by atoms with Crippen LogP contribution in [0, 0.1) is 0 Å². The summed E-state index contributed by atoms with van der Waals surface area (Å²) in [5.74, 6) is 0.168. The minimum atomic E-state index is 0.168. The zero-order valence-electron chi connectivity index (χ0n) is 10.7. The standard InChI is InChI=1S/C12H15NO.C2H6/c1-3-9-4-5-10-6-7-13(2)12(14)11(10)8-9;1-2/h4-5,8H,3,6-7H2,1-2H3;1-2H3. The highest BCUT2D eigenvalue weighted by Crippen LogP contribution is 2.19. The van der Waals surface area contributed by atoms with Crippen molar-refractivity contribution in [2.75, 3.05) is 13.6 Å². The smallest absolute Gasteiger partial charge is 0.253 e. The van der Waals surface area contributed by atoms with Crippen LogP contribution in [0.2, 0.25) is 0 Å². The average Bonchev–Trinajstić information content (AvgIpc) is 2.36. The number of carbonyl (C=O) groups excluding carboxylic acids is 1. The molecule has 1 aliphatic rings. The van der Waals surface area contributed by atoms with Crippen molar-refractivity contribution in [1.82, 2.24) is 4.90 Å². The SMILES string of the molecule is CC.CCc1ccc2c(c1)C(=O)N(C)CC2. The van der Waals surface area contributed by atoms with E-state index >= 15 is 0 Å². The van der Waals surface area contributed by atoms with E-state index in [1.165, 1.54) is 11.1 Å². The molecule has 2 heteroatoms. The van der Waals surface area contributed by atoms with Crippen molar-refractivity contribution in [3.63, 3.8) is 0 Å². The van der Waals surface area contributed by atoms with E-state index < -0.39 is 0 Å². The minimum Gasteiger partial charge on any atom is -0.341 e. The molecule has 1 aliphatic heterocycles. The molecule has 16 heavy (non-hydrogen) atoms. The van der Waals surface area contributed by atoms with E-state index in [1.54, 1.807) is 4.90 Å². The van der Waals surface area contributed by atoms with Gasteiger partial charge >= 0.3 is 0 Å². The fraction of sp³-hybridized carbons (Fsp3) is 0.500. The number of carbonyl (C=O) groups is 1. The number of aryl methyl sites for hydroxylation is 1. The van der Waals surface area contributed by atoms with Gasteiger partial charge in [0.2, 0.25) is 0 Å². The zero-order valence-corrected chi connectivity index (χ0v) is 10.7. The van der Waals surface area contributed by atoms with Gasteiger partial charge in [0.1, 0.15) is 0 Å². The van der Waals surface area contributed by atoms with Gasteiger partial charge in [-0.2, -0.15) is 0 Å². The number of benzene rings is 1. The first-order valence-corrected chi connectivity index (χ1v) is 6.09. The third-order valence-corrected chi connectivity index (χ3v) is 2.88. The number of rotatable bonds is 1. The Morgan fingerprint density at radius 2 is 2.00 bits per heavy atom. The van der Waals surface area contributed by atoms with Gasteiger partial charge in [0.15, 0.2) is 0 Å². The van der Waals surface area contributed by atoms with Crippen LogP contribution >= 0.6 is 0 Å². The van der Waals surface area contributed by atoms with Gasteiger partial charge in [0.25, 0.3) is 5.91 Å². The van der Waals surface area contributed by atoms with Gasteiger partial charge in [-0.05, 0) is 30.0 Å². The Kier molecular flexibility index (Phi) is 4.53. The molecule has 0 unspecified atom stereocenters. The Morgan fingerprint density at radius 1 is 1.31 bits per heavy atom. The van der Waals surface area contributed by atoms with Crippen LogP contribution in [-0.4, -0.2) is 24.4 Å². The summed E-state index contributed by atoms with van der Waals surface area (Å²) >= 11 is 0. The average molecular weight is 219 g/mol. The van der Waals surface area contributed by atoms with E-state index in [4.69, 9.17) is 0 Å². The van der Waals surface area contributed by atoms with Crippen LogP contribution in [0.15, 0.2) is 18.2 Å². The number of amides is 1. The molecule has 2 rings (SSSR count). The van der Waals surface area contributed by atoms with E-state index in [-0.39, 0.29) is 5.91 Å². The molecule has 0 N–H and O–H groups in total. The Bertz CT molecular complexity index is 371. The zero-order chi connectivity index (χ0) is 12.1. The normalized spacial score (nSPS) is 14.0. The van der Waals surface area contributed by atoms with Crippen molar-refractivity contribution >= 4 is 5.91 Å². The van der Waals surface area contributed by atoms with Crippen LogP contribution in [0.25, 0.3) is 0 Å². The summed E-state index contributed by atoms with van der Waals surface area (Å²) in [6.07, 6.45) is 1.98. The molecule has 0 atom stereocenters. The number of hydrogen-bond donors (Lipinski definition) is 0. The third kappa shape index (κ3) is 2.43. The minimum absolute atomic E-state index is 0.168. The predicted molar refractivity (Wildman–Crippen MR) is 67.8 cm³/mol. The Labute approximate surface area is 98.3 Å². The second-order valence-electron chi connectivity index (χ2n) is 3.82. The van der Waals surface area contributed by atoms with E-state index in [2.05, 4.69) is 19.1 Å². The summed E-state index contributed by atoms with van der Waals surface area (Å²) in [6, 6.07) is 6.25. The van der Waals surface area contributed by atoms with Gasteiger partial charge in [-0.25, -0.2) is 0 Å². The Hall–Kier alpha value is -1.31. The van der Waals surface area contributed by atoms with Gasteiger partial charge in [-0.15, -0.1) is 0 Å². The molecule has 2 nitrogen and oxygen atoms in total. The molecule has 0 aliphatic carbocycles. The Balaban J connectivity index is 0.000000606. The van der Waals surface area contributed by atoms with Crippen LogP contribution in [0.3, 0.4) is 0 Å². The predicted octanol–water partition coefficient (Wildman–Crippen LogP) is 2.90. The molecule has 1 amide bonds. The maximum Gasteiger partial charge on any atom is 0.253 e. The molecule has 1 aromatic rings. The molecule has 1 heterocycles. The molecule has 0 radical (unpaired) electrons. The molecule has 0 saturated carbocycles. The monoisotopic (exact) mass is 219 g/mol. The topological polar surface area (TPSA) is 20.3 Å². The highest BCUT2D eigenvalue weighted by molar-refractivity contribution is 5.96. The van der Waals surface area contributed by atoms with Crippen LogP contribution in [0.4, 0.5) is 0 Å². The maximum absolute atomic E-state index is 11.8. The fourth-order valence-electron chi connectivity index (χ4n) is 1.86. The molecule has 0 fully saturated rings. The largest absolute Gasteiger partial charge is 0.341 e. The second kappa shape index (κ2) is 5.69. The maximum atomic E-state index is 11.8. The van der Waals surface area contributed by atoms with Crippen LogP contribution < -0.4 is 0 Å². The van der Waals surface area contributed by atoms with E-state index in [0.29, 0.717) is 0 Å². The summed E-state index contributed by atoms with van der Waals surface area (Å²) in [4.78, 5) is 13.6. The molecular weight excluding hydrogens is 198 g/mol. The first-order valence-electron chi connectivity index (χ1n) is 6.09. The van der Waals surface area contributed by atoms with Crippen molar-refractivity contribution in [3.8, 4) is 0 Å². The van der Waals surface area contributed by atoms with Crippen LogP contribution in [-0.2, 0) is 12.8 Å². The quantitative estimate of drug-likeness (QED) is 0.711. The molecule has 88 valence electrons. The van der Waals surface area contributed by atoms with E-state index in [1.807, 2.05) is 27.0 Å². The number of nitrogens with zero attached hydrogens (tertiary/aromatic N) is 1. The Morgan fingerprint density at radius 3 is 2.62 bits per heavy atom. The van der Waals surface area contributed by atoms with Gasteiger partial charge < -0.3 is 4.90 Å². The van der Waals surface area contributed by atoms with E-state index in [9.17, 15) is 4.79 Å². The lowest BCUT2D eigenvalue weighted by molar-refractivity contribution is 0.0781. The summed E-state index contributed by atoms with van der Waals surface area (Å²) in [7, 11) is 1.86. The van der Waals surface area contributed by atoms with Crippen molar-refractivity contribution in [2.24, 2.45) is 0 Å². The summed E-state index contributed by atoms with van der Waals surface area (Å²) < 4.78 is 0. The number of fused-ring (bicyclic) bond motifs is 1. The highest BCUT2D eigenvalue weighted by atomic mass is 16.2. The van der Waals surface area contributed by atoms with Gasteiger partial charge in [0.05, 0.1) is 0 Å². The first-order chi connectivity index (χ1) is 7.72. The van der Waals surface area contributed by atoms with Gasteiger partial charge in [-0.1, -0.05) is 32.9 Å². The van der Waals surface area contributed by atoms with Crippen LogP contribution in [0.5, 0.6) is 0 Å². The van der Waals surface area contributed by atoms with Crippen molar-refractivity contribution in [1.29, 1.82) is 0 Å². The lowest BCUT2D eigenvalue weighted by atomic mass is 9.96. The van der Waals surface area contributed by atoms with Crippen molar-refractivity contribution < 1.29 is 4.79 Å². The summed E-state index contributed by atoms with van der Waals surface area (Å²) in [6.45, 7) is 6.95. The van der Waals surface area contributed by atoms with E-state index in [0.717, 1.165) is 24.9 Å². The molecule has 0 spiro atoms. The third-order valence-electron chi connectivity index (χ3n) is 2.88. The lowest BCUT2D eigenvalue weighted by Crippen LogP contribution is -2.34. The summed E-state index contributed by atoms with van der Waals surface area (Å²) in [5, 5.41) is 0. The first kappa shape index (κ1) is 12.8. The highest BCUT2D eigenvalue weighted by Gasteiger charge is 2.20. The number of hydrogen-bond acceptors (Lipinski definition) is 1. The molecular formula is C14H21NO. The lowest BCUT2D eigenvalue weighted by Gasteiger charge is -2.25.